The van der Waals surface area contributed by atoms with Gasteiger partial charge in [0.05, 0.1) is 79.0 Å². The fourth-order valence-electron chi connectivity index (χ4n) is 8.72. The quantitative estimate of drug-likeness (QED) is 0.0395. The van der Waals surface area contributed by atoms with E-state index in [-0.39, 0.29) is 52.3 Å². The first-order chi connectivity index (χ1) is 40.8. The molecule has 4 heterocycles. The van der Waals surface area contributed by atoms with Gasteiger partial charge in [-0.25, -0.2) is 9.97 Å². The standard InChI is InChI=1S/C52H46N12O16S6.Na/c1-79-43-31-37(19-21-41(43)61-55-47(57-63(61)51-53-39-7-3-5-9-45(39)81-51)33-11-15-35(16-12-33)49(65)59(23-27-83(67,68)69)24-28-84(70,71)72)38-20-22-42(44(32-38)80-2)62-56-48(58-64(62)52-54-40-8-4-6-10-46(40)82-52)34-13-17-36(18-14-34)50(66)60(25-29-85(73,74)75)26-30-86(76,77)78;/h3-22,31-32H,23-30H2,1-2H3,(H2-2,67,68,69,70,71,72,73,74,75,76,77,78);/q;+1/p+2. The van der Waals surface area contributed by atoms with Gasteiger partial charge < -0.3 is 19.3 Å². The van der Waals surface area contributed by atoms with Crippen LogP contribution in [0.3, 0.4) is 0 Å². The SMILES string of the molecule is COc1cc(-c2ccc(-[n+]3nc(-c4ccc(C(=O)N(CCS(=O)(=O)O)CCS(=O)(=O)O)cc4)nn3-c3nc4ccccc4s3)c(OC)c2)ccc1-[n+]1nc(-c2ccc(C(=O)N(CCS(=O)(=O)O)CCS(=O)(=O)O)cc2)nn1-c1nc2ccccc2s1.[Na+]. The zero-order valence-corrected chi connectivity index (χ0v) is 52.8. The van der Waals surface area contributed by atoms with Crippen LogP contribution in [-0.4, -0.2) is 177 Å². The van der Waals surface area contributed by atoms with Gasteiger partial charge in [0.1, 0.15) is 0 Å². The third kappa shape index (κ3) is 15.4. The number of rotatable bonds is 23. The van der Waals surface area contributed by atoms with E-state index in [1.165, 1.54) is 105 Å². The van der Waals surface area contributed by atoms with Gasteiger partial charge in [0, 0.05) is 46.9 Å². The van der Waals surface area contributed by atoms with Crippen LogP contribution in [0.1, 0.15) is 20.7 Å². The van der Waals surface area contributed by atoms with Crippen LogP contribution in [0.15, 0.2) is 133 Å². The van der Waals surface area contributed by atoms with Crippen LogP contribution < -0.4 is 48.6 Å². The van der Waals surface area contributed by atoms with Crippen molar-refractivity contribution < 1.29 is 110 Å². The molecule has 0 aliphatic heterocycles. The second-order valence-corrected chi connectivity index (χ2v) is 27.1. The number of thiazole rings is 2. The predicted molar refractivity (Wildman–Crippen MR) is 313 cm³/mol. The molecule has 4 aromatic heterocycles. The third-order valence-electron chi connectivity index (χ3n) is 13.0. The summed E-state index contributed by atoms with van der Waals surface area (Å²) >= 11 is 2.68. The molecule has 0 saturated heterocycles. The number of para-hydroxylation sites is 2. The number of hydrogen-bond acceptors (Lipinski definition) is 20. The van der Waals surface area contributed by atoms with Gasteiger partial charge >= 0.3 is 41.2 Å². The maximum absolute atomic E-state index is 13.6. The zero-order chi connectivity index (χ0) is 61.3. The molecule has 0 atom stereocenters. The topological polar surface area (TPSA) is 372 Å². The molecule has 0 aliphatic carbocycles. The van der Waals surface area contributed by atoms with Gasteiger partial charge in [-0.2, -0.15) is 33.7 Å². The Labute approximate surface area is 526 Å². The van der Waals surface area contributed by atoms with E-state index in [1.807, 2.05) is 60.7 Å². The number of tetrazole rings is 2. The average molecular weight is 1310 g/mol. The molecule has 0 bridgehead atoms. The number of carbonyl (C=O) groups is 2. The predicted octanol–water partition coefficient (Wildman–Crippen LogP) is 1.08. The van der Waals surface area contributed by atoms with Gasteiger partial charge in [0.25, 0.3) is 62.5 Å². The van der Waals surface area contributed by atoms with Crippen LogP contribution in [0.2, 0.25) is 0 Å². The minimum absolute atomic E-state index is 0. The monoisotopic (exact) mass is 1310 g/mol. The molecule has 0 saturated carbocycles. The Morgan fingerprint density at radius 2 is 0.805 bits per heavy atom. The summed E-state index contributed by atoms with van der Waals surface area (Å²) in [5.74, 6) is -4.01. The molecule has 2 amide bonds. The number of methoxy groups -OCH3 is 2. The second-order valence-electron chi connectivity index (χ2n) is 18.8. The largest absolute Gasteiger partial charge is 1.00 e. The number of hydrogen-bond donors (Lipinski definition) is 4. The Morgan fingerprint density at radius 1 is 0.483 bits per heavy atom. The molecule has 10 aromatic rings. The number of aromatic nitrogens is 10. The molecule has 87 heavy (non-hydrogen) atoms. The van der Waals surface area contributed by atoms with Crippen molar-refractivity contribution in [2.24, 2.45) is 0 Å². The second kappa shape index (κ2) is 26.0. The van der Waals surface area contributed by atoms with E-state index >= 15 is 0 Å². The first kappa shape index (κ1) is 63.9. The zero-order valence-electron chi connectivity index (χ0n) is 45.9. The molecule has 0 spiro atoms. The van der Waals surface area contributed by atoms with E-state index < -0.39 is 101 Å². The Hall–Kier alpha value is -7.58. The maximum Gasteiger partial charge on any atom is 1.00 e. The normalized spacial score (nSPS) is 12.1. The molecule has 446 valence electrons. The van der Waals surface area contributed by atoms with Crippen molar-refractivity contribution in [2.45, 2.75) is 0 Å². The van der Waals surface area contributed by atoms with Crippen molar-refractivity contribution >= 4 is 95.4 Å². The van der Waals surface area contributed by atoms with E-state index in [9.17, 15) is 61.5 Å². The Bertz CT molecular complexity index is 4280. The van der Waals surface area contributed by atoms with Gasteiger partial charge in [-0.05, 0) is 140 Å². The molecular formula is C52H48N12NaO16S6+3. The Kier molecular flexibility index (Phi) is 19.1. The van der Waals surface area contributed by atoms with Crippen LogP contribution in [0.4, 0.5) is 0 Å². The van der Waals surface area contributed by atoms with Crippen LogP contribution in [0.25, 0.3) is 76.0 Å². The summed E-state index contributed by atoms with van der Waals surface area (Å²) < 4.78 is 144. The molecule has 35 heteroatoms. The number of carbonyl (C=O) groups excluding carboxylic acids is 2. The number of amides is 2. The van der Waals surface area contributed by atoms with Crippen molar-refractivity contribution in [2.75, 3.05) is 63.4 Å². The first-order valence-electron chi connectivity index (χ1n) is 25.3. The van der Waals surface area contributed by atoms with Crippen molar-refractivity contribution in [3.63, 3.8) is 0 Å². The maximum atomic E-state index is 13.6. The first-order valence-corrected chi connectivity index (χ1v) is 33.4. The molecule has 6 aromatic carbocycles. The van der Waals surface area contributed by atoms with E-state index in [2.05, 4.69) is 0 Å². The summed E-state index contributed by atoms with van der Waals surface area (Å²) in [5, 5.41) is 20.3. The van der Waals surface area contributed by atoms with Gasteiger partial charge in [-0.15, -0.1) is 0 Å². The molecule has 28 nitrogen and oxygen atoms in total. The summed E-state index contributed by atoms with van der Waals surface area (Å²) in [7, 11) is -15.2. The van der Waals surface area contributed by atoms with Crippen LogP contribution in [-0.2, 0) is 40.5 Å². The molecule has 0 radical (unpaired) electrons. The summed E-state index contributed by atoms with van der Waals surface area (Å²) in [4.78, 5) is 44.5. The van der Waals surface area contributed by atoms with Gasteiger partial charge in [0.15, 0.2) is 11.5 Å². The van der Waals surface area contributed by atoms with Crippen molar-refractivity contribution in [3.05, 3.63) is 145 Å². The summed E-state index contributed by atoms with van der Waals surface area (Å²) in [5.41, 5.74) is 4.50. The van der Waals surface area contributed by atoms with Crippen molar-refractivity contribution in [1.82, 2.24) is 49.8 Å². The fraction of sp³-hybridized carbons (Fsp3) is 0.192. The minimum atomic E-state index is -4.54. The van der Waals surface area contributed by atoms with E-state index in [0.29, 0.717) is 66.4 Å². The molecule has 0 fully saturated rings. The third-order valence-corrected chi connectivity index (χ3v) is 17.8. The van der Waals surface area contributed by atoms with Gasteiger partial charge in [0.2, 0.25) is 11.4 Å². The molecule has 10 rings (SSSR count). The smallest absolute Gasteiger partial charge is 0.492 e. The van der Waals surface area contributed by atoms with Crippen molar-refractivity contribution in [3.8, 4) is 67.0 Å². The molecule has 4 N–H and O–H groups in total. The number of ether oxygens (including phenoxy) is 2. The fourth-order valence-corrected chi connectivity index (χ4v) is 12.3. The van der Waals surface area contributed by atoms with Gasteiger partial charge in [-0.1, -0.05) is 46.9 Å². The minimum Gasteiger partial charge on any atom is -0.492 e. The van der Waals surface area contributed by atoms with Crippen molar-refractivity contribution in [1.29, 1.82) is 0 Å². The number of nitrogens with zero attached hydrogens (tertiary/aromatic N) is 12. The Morgan fingerprint density at radius 3 is 1.11 bits per heavy atom. The summed E-state index contributed by atoms with van der Waals surface area (Å²) in [6, 6.07) is 37.6. The molecule has 0 aliphatic rings. The van der Waals surface area contributed by atoms with E-state index in [1.54, 1.807) is 24.3 Å². The Balaban J connectivity index is 0.00000902. The number of fused-ring (bicyclic) bond motifs is 2. The molecule has 0 unspecified atom stereocenters. The molecular weight excluding hydrogens is 1260 g/mol. The van der Waals surface area contributed by atoms with E-state index in [0.717, 1.165) is 19.2 Å². The van der Waals surface area contributed by atoms with Crippen LogP contribution in [0, 0.1) is 0 Å². The summed E-state index contributed by atoms with van der Waals surface area (Å²) in [6.07, 6.45) is 0. The van der Waals surface area contributed by atoms with E-state index in [4.69, 9.17) is 39.8 Å². The number of benzene rings is 6. The van der Waals surface area contributed by atoms with Crippen LogP contribution >= 0.6 is 22.7 Å². The summed E-state index contributed by atoms with van der Waals surface area (Å²) in [6.45, 7) is -2.24. The van der Waals surface area contributed by atoms with Crippen LogP contribution in [0.5, 0.6) is 11.5 Å². The van der Waals surface area contributed by atoms with Gasteiger partial charge in [-0.3, -0.25) is 27.8 Å². The average Bonchev–Trinajstić information content (AvgIpc) is 1.75.